The first-order valence-corrected chi connectivity index (χ1v) is 10.3. The summed E-state index contributed by atoms with van der Waals surface area (Å²) in [7, 11) is 0. The second kappa shape index (κ2) is 9.03. The van der Waals surface area contributed by atoms with Crippen LogP contribution in [0.3, 0.4) is 0 Å². The summed E-state index contributed by atoms with van der Waals surface area (Å²) >= 11 is 1.61. The number of nitrogens with zero attached hydrogens (tertiary/aromatic N) is 4. The van der Waals surface area contributed by atoms with E-state index < -0.39 is 0 Å². The number of allylic oxidation sites excluding steroid dienone is 1. The van der Waals surface area contributed by atoms with Gasteiger partial charge in [0.25, 0.3) is 0 Å². The average molecular weight is 388 g/mol. The van der Waals surface area contributed by atoms with Gasteiger partial charge >= 0.3 is 5.97 Å². The highest BCUT2D eigenvalue weighted by atomic mass is 32.2. The number of aromatic nitrogens is 4. The molecule has 0 saturated carbocycles. The Kier molecular flexibility index (Phi) is 6.49. The van der Waals surface area contributed by atoms with E-state index in [1.807, 2.05) is 19.1 Å². The van der Waals surface area contributed by atoms with E-state index in [0.29, 0.717) is 23.3 Å². The van der Waals surface area contributed by atoms with Gasteiger partial charge in [-0.1, -0.05) is 32.0 Å². The molecule has 0 aliphatic carbocycles. The molecule has 0 aromatic carbocycles. The molecular formula is C19H25N5O2S. The van der Waals surface area contributed by atoms with Gasteiger partial charge in [-0.2, -0.15) is 4.98 Å². The van der Waals surface area contributed by atoms with Crippen LogP contribution in [-0.2, 0) is 9.53 Å². The molecule has 27 heavy (non-hydrogen) atoms. The Morgan fingerprint density at radius 2 is 2.07 bits per heavy atom. The van der Waals surface area contributed by atoms with Gasteiger partial charge in [0.15, 0.2) is 0 Å². The Balaban J connectivity index is 1.98. The van der Waals surface area contributed by atoms with Crippen LogP contribution in [-0.4, -0.2) is 38.1 Å². The summed E-state index contributed by atoms with van der Waals surface area (Å²) in [5, 5.41) is 8.57. The molecule has 3 heterocycles. The van der Waals surface area contributed by atoms with Crippen molar-refractivity contribution in [3.63, 3.8) is 0 Å². The van der Waals surface area contributed by atoms with Crippen LogP contribution in [0.4, 0.5) is 5.95 Å². The number of rotatable bonds is 8. The second-order valence-corrected chi connectivity index (χ2v) is 7.41. The smallest absolute Gasteiger partial charge is 0.338 e. The van der Waals surface area contributed by atoms with Crippen molar-refractivity contribution in [2.24, 2.45) is 0 Å². The number of hydrogen-bond acceptors (Lipinski definition) is 7. The van der Waals surface area contributed by atoms with E-state index in [1.54, 1.807) is 28.8 Å². The maximum atomic E-state index is 12.9. The highest BCUT2D eigenvalue weighted by Gasteiger charge is 2.35. The van der Waals surface area contributed by atoms with Gasteiger partial charge in [-0.3, -0.25) is 4.98 Å². The van der Waals surface area contributed by atoms with E-state index in [4.69, 9.17) is 4.74 Å². The third-order valence-electron chi connectivity index (χ3n) is 4.24. The first-order chi connectivity index (χ1) is 13.2. The highest BCUT2D eigenvalue weighted by molar-refractivity contribution is 7.99. The number of unbranched alkanes of at least 4 members (excludes halogenated alkanes) is 1. The van der Waals surface area contributed by atoms with Crippen molar-refractivity contribution in [3.8, 4) is 0 Å². The van der Waals surface area contributed by atoms with Crippen LogP contribution < -0.4 is 5.32 Å². The average Bonchev–Trinajstić information content (AvgIpc) is 3.08. The summed E-state index contributed by atoms with van der Waals surface area (Å²) in [5.41, 5.74) is 2.22. The van der Waals surface area contributed by atoms with Crippen molar-refractivity contribution in [2.45, 2.75) is 51.2 Å². The number of fused-ring (bicyclic) bond motifs is 1. The van der Waals surface area contributed by atoms with E-state index >= 15 is 0 Å². The van der Waals surface area contributed by atoms with Crippen LogP contribution in [0.5, 0.6) is 0 Å². The number of nitrogens with one attached hydrogen (secondary N) is 1. The minimum atomic E-state index is -0.387. The topological polar surface area (TPSA) is 81.9 Å². The third-order valence-corrected chi connectivity index (χ3v) is 5.28. The Labute approximate surface area is 163 Å². The molecule has 1 atom stereocenters. The molecule has 144 valence electrons. The number of esters is 1. The fourth-order valence-electron chi connectivity index (χ4n) is 2.89. The van der Waals surface area contributed by atoms with Gasteiger partial charge in [0.05, 0.1) is 12.2 Å². The van der Waals surface area contributed by atoms with Crippen molar-refractivity contribution in [2.75, 3.05) is 17.7 Å². The molecule has 1 N–H and O–H groups in total. The summed E-state index contributed by atoms with van der Waals surface area (Å²) in [6.45, 7) is 6.48. The predicted molar refractivity (Wildman–Crippen MR) is 106 cm³/mol. The lowest BCUT2D eigenvalue weighted by Gasteiger charge is -2.28. The van der Waals surface area contributed by atoms with Crippen molar-refractivity contribution in [1.82, 2.24) is 19.7 Å². The zero-order valence-corrected chi connectivity index (χ0v) is 16.8. The maximum Gasteiger partial charge on any atom is 0.338 e. The summed E-state index contributed by atoms with van der Waals surface area (Å²) in [4.78, 5) is 21.5. The standard InChI is InChI=1S/C19H25N5O2S/c1-4-6-11-26-17(25)15-13(3)21-18-22-19(27-12-5-2)23-24(18)16(15)14-7-9-20-10-8-14/h7-10,16H,4-6,11-12H2,1-3H3,(H,21,22,23). The second-order valence-electron chi connectivity index (χ2n) is 6.35. The lowest BCUT2D eigenvalue weighted by atomic mass is 9.97. The van der Waals surface area contributed by atoms with E-state index in [1.165, 1.54) is 0 Å². The van der Waals surface area contributed by atoms with E-state index in [2.05, 4.69) is 34.2 Å². The van der Waals surface area contributed by atoms with Gasteiger partial charge in [0.2, 0.25) is 11.1 Å². The van der Waals surface area contributed by atoms with E-state index in [0.717, 1.165) is 36.3 Å². The highest BCUT2D eigenvalue weighted by Crippen LogP contribution is 2.36. The number of carbonyl (C=O) groups excluding carboxylic acids is 1. The van der Waals surface area contributed by atoms with Gasteiger partial charge in [0.1, 0.15) is 6.04 Å². The Hall–Kier alpha value is -2.35. The number of pyridine rings is 1. The van der Waals surface area contributed by atoms with Crippen molar-refractivity contribution >= 4 is 23.7 Å². The van der Waals surface area contributed by atoms with Gasteiger partial charge in [0, 0.05) is 23.8 Å². The monoisotopic (exact) mass is 387 g/mol. The molecule has 0 saturated heterocycles. The van der Waals surface area contributed by atoms with Crippen LogP contribution in [0.15, 0.2) is 41.0 Å². The van der Waals surface area contributed by atoms with E-state index in [9.17, 15) is 4.79 Å². The SMILES string of the molecule is CCCCOC(=O)C1=C(C)Nc2nc(SCCC)nn2C1c1ccncc1. The zero-order valence-electron chi connectivity index (χ0n) is 15.9. The quantitative estimate of drug-likeness (QED) is 0.419. The summed E-state index contributed by atoms with van der Waals surface area (Å²) in [5.74, 6) is 1.26. The molecule has 1 aliphatic rings. The molecule has 1 aliphatic heterocycles. The van der Waals surface area contributed by atoms with Crippen LogP contribution in [0.2, 0.25) is 0 Å². The zero-order chi connectivity index (χ0) is 19.2. The first-order valence-electron chi connectivity index (χ1n) is 9.29. The fourth-order valence-corrected chi connectivity index (χ4v) is 3.57. The molecule has 0 fully saturated rings. The van der Waals surface area contributed by atoms with Crippen molar-refractivity contribution < 1.29 is 9.53 Å². The molecule has 3 rings (SSSR count). The molecule has 2 aromatic heterocycles. The first kappa shape index (κ1) is 19.4. The minimum absolute atomic E-state index is 0.320. The van der Waals surface area contributed by atoms with Gasteiger partial charge < -0.3 is 10.1 Å². The van der Waals surface area contributed by atoms with E-state index in [-0.39, 0.29) is 12.0 Å². The largest absolute Gasteiger partial charge is 0.462 e. The molecular weight excluding hydrogens is 362 g/mol. The molecule has 2 aromatic rings. The minimum Gasteiger partial charge on any atom is -0.462 e. The molecule has 8 heteroatoms. The molecule has 1 unspecified atom stereocenters. The third kappa shape index (κ3) is 4.32. The summed E-state index contributed by atoms with van der Waals surface area (Å²) in [6, 6.07) is 3.40. The number of thioether (sulfide) groups is 1. The van der Waals surface area contributed by atoms with Gasteiger partial charge in [-0.25, -0.2) is 9.48 Å². The van der Waals surface area contributed by atoms with Crippen LogP contribution in [0.1, 0.15) is 51.6 Å². The Morgan fingerprint density at radius 1 is 1.30 bits per heavy atom. The van der Waals surface area contributed by atoms with Gasteiger partial charge in [-0.15, -0.1) is 5.10 Å². The number of carbonyl (C=O) groups is 1. The lowest BCUT2D eigenvalue weighted by Crippen LogP contribution is -2.29. The maximum absolute atomic E-state index is 12.9. The van der Waals surface area contributed by atoms with Crippen molar-refractivity contribution in [3.05, 3.63) is 41.4 Å². The Morgan fingerprint density at radius 3 is 2.78 bits per heavy atom. The molecule has 7 nitrogen and oxygen atoms in total. The number of hydrogen-bond donors (Lipinski definition) is 1. The predicted octanol–water partition coefficient (Wildman–Crippen LogP) is 3.81. The summed E-state index contributed by atoms with van der Waals surface area (Å²) in [6.07, 6.45) is 6.30. The number of ether oxygens (including phenoxy) is 1. The van der Waals surface area contributed by atoms with Crippen molar-refractivity contribution in [1.29, 1.82) is 0 Å². The summed E-state index contributed by atoms with van der Waals surface area (Å²) < 4.78 is 7.29. The Bertz CT molecular complexity index is 819. The number of anilines is 1. The normalized spacial score (nSPS) is 16.0. The lowest BCUT2D eigenvalue weighted by molar-refractivity contribution is -0.139. The van der Waals surface area contributed by atoms with Crippen LogP contribution >= 0.6 is 11.8 Å². The molecule has 0 bridgehead atoms. The van der Waals surface area contributed by atoms with Gasteiger partial charge in [-0.05, 0) is 37.5 Å². The molecule has 0 amide bonds. The van der Waals surface area contributed by atoms with Crippen LogP contribution in [0, 0.1) is 0 Å². The van der Waals surface area contributed by atoms with Crippen LogP contribution in [0.25, 0.3) is 0 Å². The fraction of sp³-hybridized carbons (Fsp3) is 0.474. The molecule has 0 radical (unpaired) electrons. The molecule has 0 spiro atoms.